The first-order valence-electron chi connectivity index (χ1n) is 11.3. The van der Waals surface area contributed by atoms with E-state index in [1.54, 1.807) is 0 Å². The van der Waals surface area contributed by atoms with Gasteiger partial charge in [0.15, 0.2) is 0 Å². The number of rotatable bonds is 10. The Morgan fingerprint density at radius 2 is 1.05 bits per heavy atom. The zero-order valence-corrected chi connectivity index (χ0v) is 20.9. The number of carboxylic acid groups (broad SMARTS) is 1. The van der Waals surface area contributed by atoms with Crippen LogP contribution in [-0.4, -0.2) is 95.5 Å². The van der Waals surface area contributed by atoms with Crippen molar-refractivity contribution >= 4 is 5.97 Å². The molecule has 19 heteroatoms. The van der Waals surface area contributed by atoms with E-state index in [0.717, 1.165) is 0 Å². The van der Waals surface area contributed by atoms with Gasteiger partial charge in [-0.25, -0.2) is 4.79 Å². The van der Waals surface area contributed by atoms with Crippen LogP contribution in [0.4, 0.5) is 65.9 Å². The van der Waals surface area contributed by atoms with Crippen LogP contribution in [0.15, 0.2) is 0 Å². The number of aliphatic carboxylic acids is 1. The zero-order chi connectivity index (χ0) is 31.7. The van der Waals surface area contributed by atoms with Gasteiger partial charge in [0.05, 0.1) is 26.2 Å². The molecule has 234 valence electrons. The Morgan fingerprint density at radius 1 is 0.692 bits per heavy atom. The van der Waals surface area contributed by atoms with E-state index in [2.05, 4.69) is 33.0 Å². The van der Waals surface area contributed by atoms with Gasteiger partial charge in [-0.2, -0.15) is 65.9 Å². The van der Waals surface area contributed by atoms with Crippen molar-refractivity contribution in [3.8, 4) is 0 Å². The highest BCUT2D eigenvalue weighted by molar-refractivity contribution is 5.77. The minimum absolute atomic E-state index is 0.502. The van der Waals surface area contributed by atoms with Crippen LogP contribution in [0.5, 0.6) is 0 Å². The molecule has 2 N–H and O–H groups in total. The van der Waals surface area contributed by atoms with E-state index in [-0.39, 0.29) is 0 Å². The molecule has 0 amide bonds. The Morgan fingerprint density at radius 3 is 1.33 bits per heavy atom. The Balaban J connectivity index is 0.000000864. The summed E-state index contributed by atoms with van der Waals surface area (Å²) in [5.41, 5.74) is 0.502. The molecule has 0 spiro atoms. The summed E-state index contributed by atoms with van der Waals surface area (Å²) >= 11 is 0. The van der Waals surface area contributed by atoms with Crippen LogP contribution in [0.25, 0.3) is 0 Å². The van der Waals surface area contributed by atoms with Crippen LogP contribution >= 0.6 is 0 Å². The minimum atomic E-state index is -8.47. The number of halogens is 15. The van der Waals surface area contributed by atoms with Crippen molar-refractivity contribution in [2.45, 2.75) is 87.8 Å². The van der Waals surface area contributed by atoms with Crippen molar-refractivity contribution in [1.82, 2.24) is 5.32 Å². The summed E-state index contributed by atoms with van der Waals surface area (Å²) in [6, 6.07) is 0. The first kappa shape index (κ1) is 37.3. The maximum absolute atomic E-state index is 12.8. The van der Waals surface area contributed by atoms with Crippen LogP contribution in [0, 0.1) is 0 Å². The second-order valence-corrected chi connectivity index (χ2v) is 8.86. The number of carboxylic acids is 1. The molecule has 0 unspecified atom stereocenters. The maximum atomic E-state index is 12.8. The quantitative estimate of drug-likeness (QED) is 0.220. The van der Waals surface area contributed by atoms with Gasteiger partial charge >= 0.3 is 47.7 Å². The Hall–Kier alpha value is -1.66. The highest BCUT2D eigenvalue weighted by atomic mass is 19.4. The number of alkyl halides is 15. The van der Waals surface area contributed by atoms with Gasteiger partial charge in [0.2, 0.25) is 0 Å². The lowest BCUT2D eigenvalue weighted by Crippen LogP contribution is -2.73. The van der Waals surface area contributed by atoms with Crippen molar-refractivity contribution in [2.24, 2.45) is 0 Å². The fourth-order valence-corrected chi connectivity index (χ4v) is 4.50. The fraction of sp³-hybridized carbons (Fsp3) is 0.950. The van der Waals surface area contributed by atoms with Gasteiger partial charge in [0.1, 0.15) is 5.54 Å². The molecule has 0 aromatic heterocycles. The van der Waals surface area contributed by atoms with Crippen molar-refractivity contribution in [1.29, 1.82) is 0 Å². The molecule has 1 aliphatic rings. The average Bonchev–Trinajstić information content (AvgIpc) is 2.82. The van der Waals surface area contributed by atoms with E-state index >= 15 is 0 Å². The van der Waals surface area contributed by atoms with E-state index < -0.39 is 47.7 Å². The van der Waals surface area contributed by atoms with Crippen LogP contribution in [0.2, 0.25) is 0 Å². The minimum Gasteiger partial charge on any atom is -0.477 e. The molecule has 1 fully saturated rings. The second-order valence-electron chi connectivity index (χ2n) is 8.86. The van der Waals surface area contributed by atoms with Gasteiger partial charge in [-0.05, 0) is 13.8 Å². The highest BCUT2D eigenvalue weighted by Crippen LogP contribution is 2.62. The maximum Gasteiger partial charge on any atom is 0.460 e. The first-order valence-corrected chi connectivity index (χ1v) is 11.3. The van der Waals surface area contributed by atoms with E-state index in [0.29, 0.717) is 5.54 Å². The summed E-state index contributed by atoms with van der Waals surface area (Å²) in [6.45, 7) is 15.7. The molecule has 0 atom stereocenters. The van der Waals surface area contributed by atoms with Crippen LogP contribution in [0.1, 0.15) is 40.5 Å². The van der Waals surface area contributed by atoms with Gasteiger partial charge in [-0.1, -0.05) is 13.8 Å². The van der Waals surface area contributed by atoms with E-state index in [9.17, 15) is 70.7 Å². The van der Waals surface area contributed by atoms with Crippen molar-refractivity contribution in [3.63, 3.8) is 0 Å². The number of quaternary nitrogens is 1. The topological polar surface area (TPSA) is 49.3 Å². The summed E-state index contributed by atoms with van der Waals surface area (Å²) < 4.78 is 188. The molecular formula is C20H28F15N2O2+. The van der Waals surface area contributed by atoms with Gasteiger partial charge in [-0.3, -0.25) is 0 Å². The van der Waals surface area contributed by atoms with E-state index in [4.69, 9.17) is 5.11 Å². The third-order valence-corrected chi connectivity index (χ3v) is 7.30. The predicted molar refractivity (Wildman–Crippen MR) is 106 cm³/mol. The molecule has 1 saturated heterocycles. The van der Waals surface area contributed by atoms with Gasteiger partial charge < -0.3 is 14.9 Å². The van der Waals surface area contributed by atoms with Crippen LogP contribution in [0.3, 0.4) is 0 Å². The highest BCUT2D eigenvalue weighted by Gasteiger charge is 2.94. The van der Waals surface area contributed by atoms with Gasteiger partial charge in [0.25, 0.3) is 0 Å². The number of carbonyl (C=O) groups is 1. The summed E-state index contributed by atoms with van der Waals surface area (Å²) in [6.07, 6.45) is -5.09. The monoisotopic (exact) mass is 613 g/mol. The molecule has 0 aliphatic carbocycles. The summed E-state index contributed by atoms with van der Waals surface area (Å²) in [4.78, 5) is 9.72. The number of likely N-dealkylation sites (N-methyl/N-ethyl adjacent to an activating group) is 1. The summed E-state index contributed by atoms with van der Waals surface area (Å²) in [5, 5.41) is 11.2. The number of piperazine rings is 1. The van der Waals surface area contributed by atoms with Crippen LogP contribution in [-0.2, 0) is 4.79 Å². The molecule has 0 aromatic carbocycles. The number of nitrogens with zero attached hydrogens (tertiary/aromatic N) is 1. The molecule has 0 aromatic rings. The van der Waals surface area contributed by atoms with Crippen molar-refractivity contribution < 1.29 is 80.2 Å². The third kappa shape index (κ3) is 5.49. The normalized spacial score (nSPS) is 19.3. The summed E-state index contributed by atoms with van der Waals surface area (Å²) in [5.74, 6) is -52.8. The molecule has 1 heterocycles. The standard InChI is InChI=1S/C12H27N2.C8HF15O2/c1-5-12(6-2)11-13-9-10-14(12,7-3)8-4;9-2(10,1(24)25)3(11,12)4(13,14)5(15,16)6(17,18)7(19,20)8(21,22)23/h13H,5-11H2,1-4H3;(H,24,25)/q+1;. The Bertz CT molecular complexity index is 815. The van der Waals surface area contributed by atoms with Gasteiger partial charge in [0, 0.05) is 19.4 Å². The second kappa shape index (κ2) is 11.3. The first-order chi connectivity index (χ1) is 17.1. The largest absolute Gasteiger partial charge is 0.477 e. The molecule has 4 nitrogen and oxygen atoms in total. The van der Waals surface area contributed by atoms with Crippen LogP contribution < -0.4 is 5.32 Å². The molecule has 1 rings (SSSR count). The SMILES string of the molecule is CCC1(CC)CNCC[N+]1(CC)CC.O=C(O)C(F)(F)C(F)(F)C(F)(F)C(F)(F)C(F)(F)C(F)(F)C(F)(F)F. The molecule has 0 radical (unpaired) electrons. The average molecular weight is 613 g/mol. The van der Waals surface area contributed by atoms with E-state index in [1.807, 2.05) is 0 Å². The Kier molecular flexibility index (Phi) is 10.8. The van der Waals surface area contributed by atoms with Crippen molar-refractivity contribution in [2.75, 3.05) is 32.7 Å². The van der Waals surface area contributed by atoms with E-state index in [1.165, 1.54) is 50.0 Å². The number of nitrogens with one attached hydrogen (secondary N) is 1. The molecule has 0 saturated carbocycles. The molecule has 1 aliphatic heterocycles. The predicted octanol–water partition coefficient (Wildman–Crippen LogP) is 6.45. The lowest BCUT2D eigenvalue weighted by molar-refractivity contribution is -0.976. The van der Waals surface area contributed by atoms with Crippen molar-refractivity contribution in [3.05, 3.63) is 0 Å². The molecule has 39 heavy (non-hydrogen) atoms. The molecular weight excluding hydrogens is 585 g/mol. The number of hydrogen-bond acceptors (Lipinski definition) is 2. The lowest BCUT2D eigenvalue weighted by atomic mass is 9.85. The fourth-order valence-electron chi connectivity index (χ4n) is 4.50. The summed E-state index contributed by atoms with van der Waals surface area (Å²) in [7, 11) is 0. The number of hydrogen-bond donors (Lipinski definition) is 2. The Labute approximate surface area is 213 Å². The smallest absolute Gasteiger partial charge is 0.460 e. The third-order valence-electron chi connectivity index (χ3n) is 7.30. The van der Waals surface area contributed by atoms with Gasteiger partial charge in [-0.15, -0.1) is 0 Å². The molecule has 0 bridgehead atoms. The zero-order valence-electron chi connectivity index (χ0n) is 20.9. The lowest BCUT2D eigenvalue weighted by Gasteiger charge is -2.55.